The second-order valence-corrected chi connectivity index (χ2v) is 6.35. The van der Waals surface area contributed by atoms with Crippen LogP contribution in [0, 0.1) is 5.92 Å². The van der Waals surface area contributed by atoms with Gasteiger partial charge in [-0.05, 0) is 50.4 Å². The van der Waals surface area contributed by atoms with Crippen LogP contribution in [-0.4, -0.2) is 57.2 Å². The number of nitrogens with one attached hydrogen (secondary N) is 2. The summed E-state index contributed by atoms with van der Waals surface area (Å²) in [5.74, 6) is 2.55. The largest absolute Gasteiger partial charge is 0.494 e. The molecule has 1 aliphatic rings. The summed E-state index contributed by atoms with van der Waals surface area (Å²) in [6.07, 6.45) is 3.48. The van der Waals surface area contributed by atoms with Crippen molar-refractivity contribution in [3.05, 3.63) is 30.3 Å². The van der Waals surface area contributed by atoms with Crippen molar-refractivity contribution in [2.24, 2.45) is 10.9 Å². The molecule has 0 saturated carbocycles. The first-order valence-electron chi connectivity index (χ1n) is 9.16. The summed E-state index contributed by atoms with van der Waals surface area (Å²) < 4.78 is 5.69. The van der Waals surface area contributed by atoms with Gasteiger partial charge in [-0.15, -0.1) is 0 Å². The summed E-state index contributed by atoms with van der Waals surface area (Å²) in [5, 5.41) is 6.82. The maximum absolute atomic E-state index is 5.69. The number of hydrogen-bond donors (Lipinski definition) is 2. The fourth-order valence-corrected chi connectivity index (χ4v) is 3.05. The van der Waals surface area contributed by atoms with E-state index in [2.05, 4.69) is 27.4 Å². The minimum Gasteiger partial charge on any atom is -0.494 e. The van der Waals surface area contributed by atoms with Gasteiger partial charge in [-0.1, -0.05) is 25.1 Å². The van der Waals surface area contributed by atoms with Crippen molar-refractivity contribution in [3.63, 3.8) is 0 Å². The molecule has 1 unspecified atom stereocenters. The highest BCUT2D eigenvalue weighted by Crippen LogP contribution is 2.15. The minimum absolute atomic E-state index is 0.711. The molecule has 1 saturated heterocycles. The molecule has 1 aromatic rings. The number of nitrogens with zero attached hydrogens (tertiary/aromatic N) is 2. The van der Waals surface area contributed by atoms with E-state index in [-0.39, 0.29) is 0 Å². The highest BCUT2D eigenvalue weighted by molar-refractivity contribution is 5.79. The first-order valence-corrected chi connectivity index (χ1v) is 9.16. The summed E-state index contributed by atoms with van der Waals surface area (Å²) in [6.45, 7) is 8.50. The van der Waals surface area contributed by atoms with E-state index in [0.717, 1.165) is 37.1 Å². The number of rotatable bonds is 9. The first-order chi connectivity index (χ1) is 11.8. The van der Waals surface area contributed by atoms with Crippen molar-refractivity contribution in [3.8, 4) is 5.75 Å². The van der Waals surface area contributed by atoms with E-state index in [1.54, 1.807) is 0 Å². The van der Waals surface area contributed by atoms with Gasteiger partial charge in [0.15, 0.2) is 5.96 Å². The predicted molar refractivity (Wildman–Crippen MR) is 101 cm³/mol. The zero-order valence-corrected chi connectivity index (χ0v) is 15.1. The second-order valence-electron chi connectivity index (χ2n) is 6.35. The number of guanidine groups is 1. The molecule has 134 valence electrons. The van der Waals surface area contributed by atoms with Crippen molar-refractivity contribution in [1.29, 1.82) is 0 Å². The van der Waals surface area contributed by atoms with Crippen LogP contribution in [0.5, 0.6) is 5.75 Å². The molecule has 0 radical (unpaired) electrons. The maximum atomic E-state index is 5.69. The van der Waals surface area contributed by atoms with Gasteiger partial charge in [0.05, 0.1) is 6.61 Å². The molecule has 1 aromatic carbocycles. The van der Waals surface area contributed by atoms with E-state index in [1.807, 2.05) is 37.4 Å². The van der Waals surface area contributed by atoms with Gasteiger partial charge in [-0.3, -0.25) is 4.99 Å². The molecular weight excluding hydrogens is 300 g/mol. The van der Waals surface area contributed by atoms with Crippen LogP contribution in [0.2, 0.25) is 0 Å². The number of para-hydroxylation sites is 1. The molecule has 0 spiro atoms. The summed E-state index contributed by atoms with van der Waals surface area (Å²) >= 11 is 0. The number of likely N-dealkylation sites (tertiary alicyclic amines) is 1. The molecule has 1 heterocycles. The third kappa shape index (κ3) is 6.79. The molecule has 0 aliphatic carbocycles. The SMILES string of the molecule is CCCN1CCC(CNC(=NC)NCCCOc2ccccc2)C1. The quantitative estimate of drug-likeness (QED) is 0.414. The van der Waals surface area contributed by atoms with E-state index in [9.17, 15) is 0 Å². The van der Waals surface area contributed by atoms with Crippen LogP contribution in [0.25, 0.3) is 0 Å². The zero-order valence-electron chi connectivity index (χ0n) is 15.1. The molecule has 1 fully saturated rings. The van der Waals surface area contributed by atoms with Crippen molar-refractivity contribution in [2.45, 2.75) is 26.2 Å². The van der Waals surface area contributed by atoms with Crippen LogP contribution in [0.4, 0.5) is 0 Å². The van der Waals surface area contributed by atoms with Crippen LogP contribution >= 0.6 is 0 Å². The molecular formula is C19H32N4O. The number of ether oxygens (including phenoxy) is 1. The highest BCUT2D eigenvalue weighted by Gasteiger charge is 2.21. The molecule has 0 amide bonds. The van der Waals surface area contributed by atoms with Crippen molar-refractivity contribution in [1.82, 2.24) is 15.5 Å². The molecule has 5 heteroatoms. The maximum Gasteiger partial charge on any atom is 0.190 e. The third-order valence-electron chi connectivity index (χ3n) is 4.32. The average molecular weight is 332 g/mol. The van der Waals surface area contributed by atoms with Crippen LogP contribution in [0.1, 0.15) is 26.2 Å². The Balaban J connectivity index is 1.54. The van der Waals surface area contributed by atoms with Crippen LogP contribution < -0.4 is 15.4 Å². The number of hydrogen-bond acceptors (Lipinski definition) is 3. The topological polar surface area (TPSA) is 48.9 Å². The summed E-state index contributed by atoms with van der Waals surface area (Å²) in [6, 6.07) is 9.94. The standard InChI is InChI=1S/C19H32N4O/c1-3-12-23-13-10-17(16-23)15-22-19(20-2)21-11-7-14-24-18-8-5-4-6-9-18/h4-6,8-9,17H,3,7,10-16H2,1-2H3,(H2,20,21,22). The van der Waals surface area contributed by atoms with Crippen LogP contribution in [0.15, 0.2) is 35.3 Å². The van der Waals surface area contributed by atoms with Gasteiger partial charge >= 0.3 is 0 Å². The fraction of sp³-hybridized carbons (Fsp3) is 0.632. The van der Waals surface area contributed by atoms with Gasteiger partial charge in [0.1, 0.15) is 5.75 Å². The average Bonchev–Trinajstić information content (AvgIpc) is 3.06. The Morgan fingerprint density at radius 3 is 2.88 bits per heavy atom. The van der Waals surface area contributed by atoms with Crippen molar-refractivity contribution in [2.75, 3.05) is 46.4 Å². The van der Waals surface area contributed by atoms with Gasteiger partial charge in [0.25, 0.3) is 0 Å². The first kappa shape index (κ1) is 18.6. The lowest BCUT2D eigenvalue weighted by Gasteiger charge is -2.17. The smallest absolute Gasteiger partial charge is 0.190 e. The summed E-state index contributed by atoms with van der Waals surface area (Å²) in [5.41, 5.74) is 0. The zero-order chi connectivity index (χ0) is 17.0. The Bertz CT molecular complexity index is 478. The lowest BCUT2D eigenvalue weighted by atomic mass is 10.1. The fourth-order valence-electron chi connectivity index (χ4n) is 3.05. The number of benzene rings is 1. The molecule has 5 nitrogen and oxygen atoms in total. The predicted octanol–water partition coefficient (Wildman–Crippen LogP) is 2.35. The molecule has 0 aromatic heterocycles. The monoisotopic (exact) mass is 332 g/mol. The summed E-state index contributed by atoms with van der Waals surface area (Å²) in [4.78, 5) is 6.86. The Hall–Kier alpha value is -1.75. The Morgan fingerprint density at radius 2 is 2.12 bits per heavy atom. The normalized spacial score (nSPS) is 18.6. The molecule has 1 aliphatic heterocycles. The highest BCUT2D eigenvalue weighted by atomic mass is 16.5. The van der Waals surface area contributed by atoms with E-state index >= 15 is 0 Å². The van der Waals surface area contributed by atoms with Crippen molar-refractivity contribution < 1.29 is 4.74 Å². The molecule has 0 bridgehead atoms. The molecule has 2 N–H and O–H groups in total. The Labute approximate surface area is 146 Å². The lowest BCUT2D eigenvalue weighted by Crippen LogP contribution is -2.40. The molecule has 2 rings (SSSR count). The molecule has 1 atom stereocenters. The Morgan fingerprint density at radius 1 is 1.29 bits per heavy atom. The minimum atomic E-state index is 0.711. The van der Waals surface area contributed by atoms with Gasteiger partial charge in [-0.25, -0.2) is 0 Å². The second kappa shape index (κ2) is 10.9. The van der Waals surface area contributed by atoms with Crippen LogP contribution in [0.3, 0.4) is 0 Å². The van der Waals surface area contributed by atoms with Gasteiger partial charge in [0.2, 0.25) is 0 Å². The van der Waals surface area contributed by atoms with E-state index < -0.39 is 0 Å². The van der Waals surface area contributed by atoms with E-state index in [0.29, 0.717) is 6.61 Å². The van der Waals surface area contributed by atoms with Gasteiger partial charge in [-0.2, -0.15) is 0 Å². The lowest BCUT2D eigenvalue weighted by molar-refractivity contribution is 0.311. The van der Waals surface area contributed by atoms with E-state index in [4.69, 9.17) is 4.74 Å². The molecule has 24 heavy (non-hydrogen) atoms. The third-order valence-corrected chi connectivity index (χ3v) is 4.32. The summed E-state index contributed by atoms with van der Waals surface area (Å²) in [7, 11) is 1.83. The van der Waals surface area contributed by atoms with Gasteiger partial charge < -0.3 is 20.3 Å². The van der Waals surface area contributed by atoms with Gasteiger partial charge in [0, 0.05) is 26.7 Å². The van der Waals surface area contributed by atoms with E-state index in [1.165, 1.54) is 32.5 Å². The van der Waals surface area contributed by atoms with Crippen LogP contribution in [-0.2, 0) is 0 Å². The Kier molecular flexibility index (Phi) is 8.46. The number of aliphatic imine (C=N–C) groups is 1. The van der Waals surface area contributed by atoms with Crippen molar-refractivity contribution >= 4 is 5.96 Å².